The number of thiazole rings is 1. The first-order valence-corrected chi connectivity index (χ1v) is 10.9. The van der Waals surface area contributed by atoms with Crippen molar-refractivity contribution in [3.8, 4) is 0 Å². The molecule has 0 aromatic carbocycles. The Morgan fingerprint density at radius 2 is 2.23 bits per heavy atom. The molecule has 5 atom stereocenters. The standard InChI is InChI=1S/C21H31NO3S/c1-14(16-9-10-17-18(24)7-5-11-21(16,17)3)6-4-8-19(25-15(2)23)20-22-12-13-26-20/h12-14,16-17,19H,4-11H2,1-3H3/t14?,16-,17+,19?,21-/m0/s1. The van der Waals surface area contributed by atoms with E-state index in [2.05, 4.69) is 18.8 Å². The second-order valence-corrected chi connectivity index (χ2v) is 9.36. The quantitative estimate of drug-likeness (QED) is 0.602. The highest BCUT2D eigenvalue weighted by molar-refractivity contribution is 7.09. The highest BCUT2D eigenvalue weighted by atomic mass is 32.1. The molecule has 2 fully saturated rings. The van der Waals surface area contributed by atoms with Crippen molar-refractivity contribution in [3.05, 3.63) is 16.6 Å². The monoisotopic (exact) mass is 377 g/mol. The molecule has 1 aromatic rings. The molecule has 144 valence electrons. The van der Waals surface area contributed by atoms with Gasteiger partial charge in [0.05, 0.1) is 0 Å². The van der Waals surface area contributed by atoms with Crippen molar-refractivity contribution in [2.75, 3.05) is 0 Å². The maximum atomic E-state index is 12.3. The second kappa shape index (κ2) is 8.20. The Morgan fingerprint density at radius 3 is 2.92 bits per heavy atom. The lowest BCUT2D eigenvalue weighted by atomic mass is 9.62. The molecule has 5 heteroatoms. The summed E-state index contributed by atoms with van der Waals surface area (Å²) in [5.41, 5.74) is 0.208. The number of ether oxygens (including phenoxy) is 1. The largest absolute Gasteiger partial charge is 0.455 e. The summed E-state index contributed by atoms with van der Waals surface area (Å²) in [4.78, 5) is 28.1. The van der Waals surface area contributed by atoms with Gasteiger partial charge in [-0.25, -0.2) is 4.98 Å². The average molecular weight is 378 g/mol. The maximum absolute atomic E-state index is 12.3. The fourth-order valence-corrected chi connectivity index (χ4v) is 6.26. The predicted molar refractivity (Wildman–Crippen MR) is 103 cm³/mol. The summed E-state index contributed by atoms with van der Waals surface area (Å²) in [6, 6.07) is 0. The Hall–Kier alpha value is -1.23. The van der Waals surface area contributed by atoms with Crippen LogP contribution < -0.4 is 0 Å². The van der Waals surface area contributed by atoms with Gasteiger partial charge in [0, 0.05) is 30.8 Å². The summed E-state index contributed by atoms with van der Waals surface area (Å²) < 4.78 is 5.49. The minimum atomic E-state index is -0.245. The van der Waals surface area contributed by atoms with E-state index in [1.54, 1.807) is 17.5 Å². The van der Waals surface area contributed by atoms with Crippen molar-refractivity contribution in [2.45, 2.75) is 78.2 Å². The van der Waals surface area contributed by atoms with Crippen LogP contribution in [0.25, 0.3) is 0 Å². The van der Waals surface area contributed by atoms with Crippen LogP contribution in [0.15, 0.2) is 11.6 Å². The molecule has 0 aliphatic heterocycles. The molecule has 4 nitrogen and oxygen atoms in total. The molecule has 1 heterocycles. The summed E-state index contributed by atoms with van der Waals surface area (Å²) in [6.45, 7) is 6.17. The zero-order chi connectivity index (χ0) is 18.7. The van der Waals surface area contributed by atoms with Crippen LogP contribution in [0.1, 0.15) is 83.2 Å². The molecule has 2 aliphatic carbocycles. The average Bonchev–Trinajstić information content (AvgIpc) is 3.21. The fraction of sp³-hybridized carbons (Fsp3) is 0.762. The number of rotatable bonds is 7. The number of fused-ring (bicyclic) bond motifs is 1. The molecule has 2 unspecified atom stereocenters. The Balaban J connectivity index is 1.55. The van der Waals surface area contributed by atoms with Crippen LogP contribution in [0.2, 0.25) is 0 Å². The van der Waals surface area contributed by atoms with Crippen LogP contribution in [0, 0.1) is 23.2 Å². The number of hydrogen-bond acceptors (Lipinski definition) is 5. The Bertz CT molecular complexity index is 629. The van der Waals surface area contributed by atoms with E-state index in [-0.39, 0.29) is 17.5 Å². The van der Waals surface area contributed by atoms with Gasteiger partial charge in [-0.05, 0) is 55.8 Å². The number of carbonyl (C=O) groups excluding carboxylic acids is 2. The highest BCUT2D eigenvalue weighted by Crippen LogP contribution is 2.57. The smallest absolute Gasteiger partial charge is 0.303 e. The molecular formula is C21H31NO3S. The van der Waals surface area contributed by atoms with Crippen LogP contribution in [0.4, 0.5) is 0 Å². The SMILES string of the molecule is CC(=O)OC(CCCC(C)[C@@H]1CC[C@@H]2C(=O)CCC[C@]21C)c1nccs1. The first kappa shape index (κ1) is 19.5. The topological polar surface area (TPSA) is 56.3 Å². The van der Waals surface area contributed by atoms with Gasteiger partial charge < -0.3 is 4.74 Å². The molecular weight excluding hydrogens is 346 g/mol. The summed E-state index contributed by atoms with van der Waals surface area (Å²) in [5, 5.41) is 2.81. The maximum Gasteiger partial charge on any atom is 0.303 e. The van der Waals surface area contributed by atoms with E-state index in [0.717, 1.165) is 43.5 Å². The van der Waals surface area contributed by atoms with E-state index in [0.29, 0.717) is 23.5 Å². The fourth-order valence-electron chi connectivity index (χ4n) is 5.56. The lowest BCUT2D eigenvalue weighted by Gasteiger charge is -2.42. The van der Waals surface area contributed by atoms with Crippen LogP contribution in [-0.4, -0.2) is 16.7 Å². The highest BCUT2D eigenvalue weighted by Gasteiger charge is 2.52. The van der Waals surface area contributed by atoms with E-state index >= 15 is 0 Å². The van der Waals surface area contributed by atoms with Crippen LogP contribution >= 0.6 is 11.3 Å². The van der Waals surface area contributed by atoms with Gasteiger partial charge in [0.1, 0.15) is 10.8 Å². The number of aromatic nitrogens is 1. The van der Waals surface area contributed by atoms with Gasteiger partial charge >= 0.3 is 5.97 Å². The van der Waals surface area contributed by atoms with Crippen molar-refractivity contribution < 1.29 is 14.3 Å². The van der Waals surface area contributed by atoms with Gasteiger partial charge in [0.2, 0.25) is 0 Å². The van der Waals surface area contributed by atoms with Crippen molar-refractivity contribution in [2.24, 2.45) is 23.2 Å². The van der Waals surface area contributed by atoms with Gasteiger partial charge in [-0.15, -0.1) is 11.3 Å². The Morgan fingerprint density at radius 1 is 1.42 bits per heavy atom. The zero-order valence-corrected chi connectivity index (χ0v) is 17.0. The van der Waals surface area contributed by atoms with Gasteiger partial charge in [0.25, 0.3) is 0 Å². The molecule has 3 rings (SSSR count). The third-order valence-electron chi connectivity index (χ3n) is 6.78. The van der Waals surface area contributed by atoms with E-state index in [9.17, 15) is 9.59 Å². The minimum absolute atomic E-state index is 0.208. The summed E-state index contributed by atoms with van der Waals surface area (Å²) in [5.74, 6) is 1.80. The molecule has 0 saturated heterocycles. The van der Waals surface area contributed by atoms with Gasteiger partial charge in [-0.2, -0.15) is 0 Å². The number of Topliss-reactive ketones (excluding diaryl/α,β-unsaturated/α-hetero) is 1. The molecule has 0 bridgehead atoms. The van der Waals surface area contributed by atoms with E-state index in [4.69, 9.17) is 4.74 Å². The summed E-state index contributed by atoms with van der Waals surface area (Å²) in [7, 11) is 0. The zero-order valence-electron chi connectivity index (χ0n) is 16.2. The molecule has 2 saturated carbocycles. The number of hydrogen-bond donors (Lipinski definition) is 0. The van der Waals surface area contributed by atoms with Crippen molar-refractivity contribution in [1.29, 1.82) is 0 Å². The van der Waals surface area contributed by atoms with Crippen molar-refractivity contribution in [1.82, 2.24) is 4.98 Å². The molecule has 2 aliphatic rings. The van der Waals surface area contributed by atoms with Crippen LogP contribution in [0.5, 0.6) is 0 Å². The summed E-state index contributed by atoms with van der Waals surface area (Å²) in [6.07, 6.45) is 9.83. The number of ketones is 1. The van der Waals surface area contributed by atoms with Crippen LogP contribution in [0.3, 0.4) is 0 Å². The van der Waals surface area contributed by atoms with Gasteiger partial charge in [-0.3, -0.25) is 9.59 Å². The number of carbonyl (C=O) groups is 2. The normalized spacial score (nSPS) is 30.7. The minimum Gasteiger partial charge on any atom is -0.455 e. The van der Waals surface area contributed by atoms with Crippen molar-refractivity contribution >= 4 is 23.1 Å². The predicted octanol–water partition coefficient (Wildman–Crippen LogP) is 5.34. The molecule has 0 N–H and O–H groups in total. The van der Waals surface area contributed by atoms with Gasteiger partial charge in [0.15, 0.2) is 6.10 Å². The lowest BCUT2D eigenvalue weighted by molar-refractivity contribution is -0.147. The molecule has 0 radical (unpaired) electrons. The third kappa shape index (κ3) is 4.03. The summed E-state index contributed by atoms with van der Waals surface area (Å²) >= 11 is 1.55. The Kier molecular flexibility index (Phi) is 6.16. The Labute approximate surface area is 160 Å². The first-order chi connectivity index (χ1) is 12.4. The lowest BCUT2D eigenvalue weighted by Crippen LogP contribution is -2.39. The molecule has 0 spiro atoms. The molecule has 26 heavy (non-hydrogen) atoms. The third-order valence-corrected chi connectivity index (χ3v) is 7.65. The number of esters is 1. The molecule has 1 aromatic heterocycles. The van der Waals surface area contributed by atoms with Crippen LogP contribution in [-0.2, 0) is 14.3 Å². The van der Waals surface area contributed by atoms with E-state index < -0.39 is 0 Å². The van der Waals surface area contributed by atoms with Gasteiger partial charge in [-0.1, -0.05) is 20.3 Å². The first-order valence-electron chi connectivity index (χ1n) is 10.0. The van der Waals surface area contributed by atoms with E-state index in [1.807, 2.05) is 5.38 Å². The second-order valence-electron chi connectivity index (χ2n) is 8.44. The van der Waals surface area contributed by atoms with Crippen molar-refractivity contribution in [3.63, 3.8) is 0 Å². The molecule has 0 amide bonds. The van der Waals surface area contributed by atoms with E-state index in [1.165, 1.54) is 19.8 Å². The number of nitrogens with zero attached hydrogens (tertiary/aromatic N) is 1.